The molecule has 0 saturated carbocycles. The lowest BCUT2D eigenvalue weighted by molar-refractivity contribution is 0.597. The van der Waals surface area contributed by atoms with Crippen molar-refractivity contribution in [2.24, 2.45) is 5.14 Å². The van der Waals surface area contributed by atoms with Crippen LogP contribution in [0.2, 0.25) is 10.0 Å². The van der Waals surface area contributed by atoms with Crippen LogP contribution in [0.3, 0.4) is 0 Å². The van der Waals surface area contributed by atoms with Gasteiger partial charge < -0.3 is 10.6 Å². The number of benzene rings is 3. The van der Waals surface area contributed by atoms with E-state index < -0.39 is 20.0 Å². The van der Waals surface area contributed by atoms with Crippen LogP contribution in [0, 0.1) is 0 Å². The molecule has 32 heavy (non-hydrogen) atoms. The lowest BCUT2D eigenvalue weighted by Gasteiger charge is -2.12. The number of hydrogen-bond donors (Lipinski definition) is 4. The van der Waals surface area contributed by atoms with Crippen molar-refractivity contribution < 1.29 is 16.8 Å². The zero-order valence-corrected chi connectivity index (χ0v) is 20.0. The molecule has 0 aliphatic rings. The normalized spacial score (nSPS) is 11.6. The molecular formula is C19H16Cl2N4O4S3. The lowest BCUT2D eigenvalue weighted by Crippen LogP contribution is -2.19. The number of sulfonamides is 2. The number of nitrogens with one attached hydrogen (secondary N) is 3. The van der Waals surface area contributed by atoms with Crippen molar-refractivity contribution in [3.63, 3.8) is 0 Å². The van der Waals surface area contributed by atoms with Crippen molar-refractivity contribution in [1.29, 1.82) is 0 Å². The zero-order chi connectivity index (χ0) is 23.5. The Hall–Kier alpha value is -2.41. The first kappa shape index (κ1) is 24.2. The molecule has 0 aliphatic carbocycles. The van der Waals surface area contributed by atoms with Crippen LogP contribution in [-0.4, -0.2) is 21.9 Å². The Morgan fingerprint density at radius 3 is 1.66 bits per heavy atom. The van der Waals surface area contributed by atoms with E-state index in [1.807, 2.05) is 0 Å². The van der Waals surface area contributed by atoms with Crippen LogP contribution in [0.15, 0.2) is 76.5 Å². The predicted octanol–water partition coefficient (Wildman–Crippen LogP) is 4.25. The van der Waals surface area contributed by atoms with Gasteiger partial charge in [-0.1, -0.05) is 23.2 Å². The van der Waals surface area contributed by atoms with E-state index in [2.05, 4.69) is 15.4 Å². The van der Waals surface area contributed by atoms with Crippen molar-refractivity contribution in [3.8, 4) is 0 Å². The molecule has 0 aliphatic heterocycles. The SMILES string of the molecule is NS(=O)(=O)c1ccc(NC(=S)Nc2ccc(S(=O)(=O)Nc3ccc(Cl)c(Cl)c3)cc2)cc1. The molecule has 0 spiro atoms. The molecular weight excluding hydrogens is 515 g/mol. The molecule has 0 radical (unpaired) electrons. The van der Waals surface area contributed by atoms with E-state index in [1.165, 1.54) is 54.6 Å². The first-order valence-corrected chi connectivity index (χ1v) is 12.9. The Morgan fingerprint density at radius 2 is 1.19 bits per heavy atom. The summed E-state index contributed by atoms with van der Waals surface area (Å²) in [4.78, 5) is 0.0137. The van der Waals surface area contributed by atoms with Gasteiger partial charge in [-0.3, -0.25) is 4.72 Å². The Morgan fingerprint density at radius 1 is 0.719 bits per heavy atom. The lowest BCUT2D eigenvalue weighted by atomic mass is 10.3. The molecule has 3 aromatic rings. The summed E-state index contributed by atoms with van der Waals surface area (Å²) in [7, 11) is -7.62. The summed E-state index contributed by atoms with van der Waals surface area (Å²) < 4.78 is 50.2. The number of halogens is 2. The number of rotatable bonds is 6. The van der Waals surface area contributed by atoms with Gasteiger partial charge in [-0.2, -0.15) is 0 Å². The number of anilines is 3. The number of nitrogens with two attached hydrogens (primary N) is 1. The van der Waals surface area contributed by atoms with Crippen LogP contribution >= 0.6 is 35.4 Å². The van der Waals surface area contributed by atoms with Gasteiger partial charge >= 0.3 is 0 Å². The maximum atomic E-state index is 12.6. The predicted molar refractivity (Wildman–Crippen MR) is 131 cm³/mol. The van der Waals surface area contributed by atoms with Gasteiger partial charge in [0.05, 0.1) is 25.5 Å². The molecule has 0 aromatic heterocycles. The van der Waals surface area contributed by atoms with Crippen molar-refractivity contribution in [2.75, 3.05) is 15.4 Å². The van der Waals surface area contributed by atoms with Crippen LogP contribution in [0.25, 0.3) is 0 Å². The largest absolute Gasteiger partial charge is 0.332 e. The highest BCUT2D eigenvalue weighted by atomic mass is 35.5. The third kappa shape index (κ3) is 6.31. The smallest absolute Gasteiger partial charge is 0.261 e. The molecule has 0 amide bonds. The average molecular weight is 531 g/mol. The maximum absolute atomic E-state index is 12.6. The van der Waals surface area contributed by atoms with Gasteiger partial charge in [0.15, 0.2) is 5.11 Å². The summed E-state index contributed by atoms with van der Waals surface area (Å²) in [5.74, 6) is 0. The highest BCUT2D eigenvalue weighted by Gasteiger charge is 2.15. The van der Waals surface area contributed by atoms with Gasteiger partial charge in [0.25, 0.3) is 10.0 Å². The van der Waals surface area contributed by atoms with E-state index >= 15 is 0 Å². The Bertz CT molecular complexity index is 1360. The molecule has 0 atom stereocenters. The van der Waals surface area contributed by atoms with Gasteiger partial charge in [-0.05, 0) is 78.9 Å². The summed E-state index contributed by atoms with van der Waals surface area (Å²) in [5.41, 5.74) is 1.36. The van der Waals surface area contributed by atoms with Crippen molar-refractivity contribution in [1.82, 2.24) is 0 Å². The van der Waals surface area contributed by atoms with Gasteiger partial charge in [0.1, 0.15) is 0 Å². The monoisotopic (exact) mass is 530 g/mol. The summed E-state index contributed by atoms with van der Waals surface area (Å²) in [5, 5.41) is 11.6. The second kappa shape index (κ2) is 9.61. The van der Waals surface area contributed by atoms with Crippen molar-refractivity contribution >= 4 is 77.6 Å². The minimum absolute atomic E-state index is 0.0202. The number of primary sulfonamides is 1. The topological polar surface area (TPSA) is 130 Å². The summed E-state index contributed by atoms with van der Waals surface area (Å²) >= 11 is 17.0. The molecule has 168 valence electrons. The zero-order valence-electron chi connectivity index (χ0n) is 16.0. The third-order valence-electron chi connectivity index (χ3n) is 4.04. The Kier molecular flexibility index (Phi) is 7.28. The van der Waals surface area contributed by atoms with Gasteiger partial charge in [0, 0.05) is 11.4 Å². The van der Waals surface area contributed by atoms with Crippen LogP contribution in [0.4, 0.5) is 17.1 Å². The van der Waals surface area contributed by atoms with Crippen LogP contribution in [-0.2, 0) is 20.0 Å². The average Bonchev–Trinajstić information content (AvgIpc) is 2.70. The second-order valence-corrected chi connectivity index (χ2v) is 10.9. The number of hydrogen-bond acceptors (Lipinski definition) is 5. The standard InChI is InChI=1S/C19H16Cl2N4O4S3/c20-17-10-5-14(11-18(17)21)25-32(28,29)16-8-3-13(4-9-16)24-19(30)23-12-1-6-15(7-2-12)31(22,26)27/h1-11,25H,(H2,22,26,27)(H2,23,24,30). The molecule has 0 unspecified atom stereocenters. The van der Waals surface area contributed by atoms with Crippen LogP contribution < -0.4 is 20.5 Å². The summed E-state index contributed by atoms with van der Waals surface area (Å²) in [6, 6.07) is 16.0. The fourth-order valence-corrected chi connectivity index (χ4v) is 4.61. The van der Waals surface area contributed by atoms with Gasteiger partial charge in [-0.25, -0.2) is 22.0 Å². The first-order valence-electron chi connectivity index (χ1n) is 8.73. The molecule has 3 aromatic carbocycles. The Balaban J connectivity index is 1.64. The molecule has 0 heterocycles. The second-order valence-electron chi connectivity index (χ2n) is 6.41. The minimum Gasteiger partial charge on any atom is -0.332 e. The van der Waals surface area contributed by atoms with Gasteiger partial charge in [-0.15, -0.1) is 0 Å². The van der Waals surface area contributed by atoms with E-state index in [1.54, 1.807) is 12.1 Å². The highest BCUT2D eigenvalue weighted by molar-refractivity contribution is 7.92. The Labute approximate surface area is 200 Å². The fraction of sp³-hybridized carbons (Fsp3) is 0. The highest BCUT2D eigenvalue weighted by Crippen LogP contribution is 2.26. The molecule has 3 rings (SSSR count). The summed E-state index contributed by atoms with van der Waals surface area (Å²) in [6.07, 6.45) is 0. The van der Waals surface area contributed by atoms with E-state index in [9.17, 15) is 16.8 Å². The van der Waals surface area contributed by atoms with E-state index in [0.29, 0.717) is 16.4 Å². The van der Waals surface area contributed by atoms with Gasteiger partial charge in [0.2, 0.25) is 10.0 Å². The fourth-order valence-electron chi connectivity index (χ4n) is 2.51. The van der Waals surface area contributed by atoms with E-state index in [4.69, 9.17) is 40.6 Å². The first-order chi connectivity index (χ1) is 14.9. The third-order valence-corrected chi connectivity index (χ3v) is 7.30. The molecule has 0 fully saturated rings. The molecule has 13 heteroatoms. The molecule has 8 nitrogen and oxygen atoms in total. The maximum Gasteiger partial charge on any atom is 0.261 e. The van der Waals surface area contributed by atoms with E-state index in [-0.39, 0.29) is 25.6 Å². The van der Waals surface area contributed by atoms with Crippen LogP contribution in [0.5, 0.6) is 0 Å². The molecule has 0 bridgehead atoms. The van der Waals surface area contributed by atoms with Crippen molar-refractivity contribution in [3.05, 3.63) is 76.8 Å². The summed E-state index contributed by atoms with van der Waals surface area (Å²) in [6.45, 7) is 0. The minimum atomic E-state index is -3.84. The van der Waals surface area contributed by atoms with Crippen LogP contribution in [0.1, 0.15) is 0 Å². The number of thiocarbonyl (C=S) groups is 1. The molecule has 5 N–H and O–H groups in total. The van der Waals surface area contributed by atoms with E-state index in [0.717, 1.165) is 0 Å². The molecule has 0 saturated heterocycles. The quantitative estimate of drug-likeness (QED) is 0.350. The van der Waals surface area contributed by atoms with Crippen molar-refractivity contribution in [2.45, 2.75) is 9.79 Å².